The fourth-order valence-electron chi connectivity index (χ4n) is 3.50. The van der Waals surface area contributed by atoms with Gasteiger partial charge in [0.15, 0.2) is 0 Å². The zero-order chi connectivity index (χ0) is 19.4. The van der Waals surface area contributed by atoms with Crippen LogP contribution < -0.4 is 15.0 Å². The molecule has 1 aliphatic rings. The molecule has 0 bridgehead atoms. The molecule has 0 radical (unpaired) electrons. The quantitative estimate of drug-likeness (QED) is 0.842. The second-order valence-corrected chi connectivity index (χ2v) is 6.76. The highest BCUT2D eigenvalue weighted by Crippen LogP contribution is 2.33. The van der Waals surface area contributed by atoms with E-state index in [4.69, 9.17) is 4.74 Å². The Morgan fingerprint density at radius 1 is 1.19 bits per heavy atom. The number of para-hydroxylation sites is 3. The first-order valence-electron chi connectivity index (χ1n) is 9.46. The number of hydrogen-bond donors (Lipinski definition) is 1. The molecule has 3 rings (SSSR count). The van der Waals surface area contributed by atoms with Crippen LogP contribution in [0.15, 0.2) is 42.5 Å². The molecule has 0 saturated carbocycles. The molecule has 27 heavy (non-hydrogen) atoms. The monoisotopic (exact) mass is 366 g/mol. The average Bonchev–Trinajstić information content (AvgIpc) is 3.06. The summed E-state index contributed by atoms with van der Waals surface area (Å²) in [4.78, 5) is 27.1. The predicted molar refractivity (Wildman–Crippen MR) is 107 cm³/mol. The maximum Gasteiger partial charge on any atom is 0.229 e. The lowest BCUT2D eigenvalue weighted by Crippen LogP contribution is -2.28. The molecule has 1 N–H and O–H groups in total. The molecule has 0 aliphatic carbocycles. The Morgan fingerprint density at radius 3 is 2.70 bits per heavy atom. The van der Waals surface area contributed by atoms with Gasteiger partial charge in [-0.2, -0.15) is 0 Å². The van der Waals surface area contributed by atoms with Gasteiger partial charge in [0.05, 0.1) is 18.2 Å². The third kappa shape index (κ3) is 3.97. The van der Waals surface area contributed by atoms with E-state index < -0.39 is 0 Å². The van der Waals surface area contributed by atoms with E-state index in [1.54, 1.807) is 4.90 Å². The first-order chi connectivity index (χ1) is 13.0. The highest BCUT2D eigenvalue weighted by molar-refractivity contribution is 6.04. The topological polar surface area (TPSA) is 58.6 Å². The van der Waals surface area contributed by atoms with E-state index >= 15 is 0 Å². The average molecular weight is 366 g/mol. The first-order valence-corrected chi connectivity index (χ1v) is 9.46. The standard InChI is InChI=1S/C22H26N2O3/c1-4-16-10-8-9-15(3)21(16)23-22(26)17-13-20(25)24(14-17)18-11-6-7-12-19(18)27-5-2/h6-12,17H,4-5,13-14H2,1-3H3,(H,23,26). The largest absolute Gasteiger partial charge is 0.492 e. The van der Waals surface area contributed by atoms with E-state index in [0.717, 1.165) is 28.9 Å². The van der Waals surface area contributed by atoms with Crippen molar-refractivity contribution in [3.63, 3.8) is 0 Å². The number of nitrogens with zero attached hydrogens (tertiary/aromatic N) is 1. The molecular weight excluding hydrogens is 340 g/mol. The van der Waals surface area contributed by atoms with Gasteiger partial charge >= 0.3 is 0 Å². The molecule has 1 fully saturated rings. The fourth-order valence-corrected chi connectivity index (χ4v) is 3.50. The smallest absolute Gasteiger partial charge is 0.229 e. The van der Waals surface area contributed by atoms with E-state index in [0.29, 0.717) is 18.9 Å². The Bertz CT molecular complexity index is 847. The van der Waals surface area contributed by atoms with Gasteiger partial charge in [0, 0.05) is 18.7 Å². The molecule has 1 heterocycles. The molecule has 1 atom stereocenters. The van der Waals surface area contributed by atoms with Gasteiger partial charge in [-0.25, -0.2) is 0 Å². The van der Waals surface area contributed by atoms with Gasteiger partial charge in [0.1, 0.15) is 5.75 Å². The van der Waals surface area contributed by atoms with Crippen LogP contribution in [0.5, 0.6) is 5.75 Å². The van der Waals surface area contributed by atoms with Crippen LogP contribution in [-0.4, -0.2) is 25.0 Å². The number of carbonyl (C=O) groups excluding carboxylic acids is 2. The van der Waals surface area contributed by atoms with E-state index in [2.05, 4.69) is 12.2 Å². The molecule has 5 heteroatoms. The number of ether oxygens (including phenoxy) is 1. The lowest BCUT2D eigenvalue weighted by Gasteiger charge is -2.20. The Balaban J connectivity index is 1.77. The van der Waals surface area contributed by atoms with Gasteiger partial charge in [-0.15, -0.1) is 0 Å². The van der Waals surface area contributed by atoms with Crippen molar-refractivity contribution in [1.29, 1.82) is 0 Å². The summed E-state index contributed by atoms with van der Waals surface area (Å²) in [5.41, 5.74) is 3.73. The number of rotatable bonds is 6. The summed E-state index contributed by atoms with van der Waals surface area (Å²) in [7, 11) is 0. The Labute approximate surface area is 160 Å². The van der Waals surface area contributed by atoms with Gasteiger partial charge in [-0.05, 0) is 43.5 Å². The highest BCUT2D eigenvalue weighted by Gasteiger charge is 2.36. The minimum atomic E-state index is -0.378. The van der Waals surface area contributed by atoms with Gasteiger partial charge < -0.3 is 15.0 Å². The summed E-state index contributed by atoms with van der Waals surface area (Å²) >= 11 is 0. The van der Waals surface area contributed by atoms with Crippen LogP contribution in [0.2, 0.25) is 0 Å². The number of benzene rings is 2. The molecular formula is C22H26N2O3. The Morgan fingerprint density at radius 2 is 1.96 bits per heavy atom. The molecule has 0 aromatic heterocycles. The lowest BCUT2D eigenvalue weighted by molar-refractivity contribution is -0.122. The predicted octanol–water partition coefficient (Wildman–Crippen LogP) is 3.95. The number of aryl methyl sites for hydroxylation is 2. The van der Waals surface area contributed by atoms with Crippen LogP contribution >= 0.6 is 0 Å². The van der Waals surface area contributed by atoms with Crippen molar-refractivity contribution < 1.29 is 14.3 Å². The summed E-state index contributed by atoms with van der Waals surface area (Å²) in [6, 6.07) is 13.5. The zero-order valence-corrected chi connectivity index (χ0v) is 16.1. The Hall–Kier alpha value is -2.82. The van der Waals surface area contributed by atoms with E-state index in [1.807, 2.05) is 56.3 Å². The normalized spacial score (nSPS) is 16.5. The van der Waals surface area contributed by atoms with Gasteiger partial charge in [0.25, 0.3) is 0 Å². The first kappa shape index (κ1) is 19.0. The van der Waals surface area contributed by atoms with Crippen LogP contribution in [0.25, 0.3) is 0 Å². The number of hydrogen-bond acceptors (Lipinski definition) is 3. The van der Waals surface area contributed by atoms with E-state index in [1.165, 1.54) is 0 Å². The minimum absolute atomic E-state index is 0.0530. The van der Waals surface area contributed by atoms with Crippen molar-refractivity contribution in [2.45, 2.75) is 33.6 Å². The van der Waals surface area contributed by atoms with Crippen molar-refractivity contribution in [2.24, 2.45) is 5.92 Å². The summed E-state index contributed by atoms with van der Waals surface area (Å²) in [6.07, 6.45) is 1.05. The zero-order valence-electron chi connectivity index (χ0n) is 16.1. The number of carbonyl (C=O) groups is 2. The van der Waals surface area contributed by atoms with Crippen LogP contribution in [0.1, 0.15) is 31.4 Å². The van der Waals surface area contributed by atoms with Gasteiger partial charge in [-0.3, -0.25) is 9.59 Å². The summed E-state index contributed by atoms with van der Waals surface area (Å²) < 4.78 is 5.64. The third-order valence-electron chi connectivity index (χ3n) is 4.94. The molecule has 142 valence electrons. The van der Waals surface area contributed by atoms with Crippen molar-refractivity contribution in [3.8, 4) is 5.75 Å². The van der Waals surface area contributed by atoms with Crippen molar-refractivity contribution in [2.75, 3.05) is 23.4 Å². The van der Waals surface area contributed by atoms with Crippen molar-refractivity contribution in [1.82, 2.24) is 0 Å². The second-order valence-electron chi connectivity index (χ2n) is 6.76. The van der Waals surface area contributed by atoms with Gasteiger partial charge in [0.2, 0.25) is 11.8 Å². The summed E-state index contributed by atoms with van der Waals surface area (Å²) in [5, 5.41) is 3.05. The molecule has 2 amide bonds. The minimum Gasteiger partial charge on any atom is -0.492 e. The number of amides is 2. The summed E-state index contributed by atoms with van der Waals surface area (Å²) in [5.74, 6) is 0.129. The van der Waals surface area contributed by atoms with E-state index in [9.17, 15) is 9.59 Å². The van der Waals surface area contributed by atoms with Crippen LogP contribution in [-0.2, 0) is 16.0 Å². The van der Waals surface area contributed by atoms with Crippen molar-refractivity contribution >= 4 is 23.2 Å². The third-order valence-corrected chi connectivity index (χ3v) is 4.94. The van der Waals surface area contributed by atoms with Crippen molar-refractivity contribution in [3.05, 3.63) is 53.6 Å². The maximum atomic E-state index is 12.8. The van der Waals surface area contributed by atoms with E-state index in [-0.39, 0.29) is 24.2 Å². The highest BCUT2D eigenvalue weighted by atomic mass is 16.5. The number of anilines is 2. The lowest BCUT2D eigenvalue weighted by atomic mass is 10.0. The molecule has 2 aromatic carbocycles. The molecule has 1 unspecified atom stereocenters. The molecule has 1 aliphatic heterocycles. The number of nitrogens with one attached hydrogen (secondary N) is 1. The van der Waals surface area contributed by atoms with Crippen LogP contribution in [0, 0.1) is 12.8 Å². The van der Waals surface area contributed by atoms with Gasteiger partial charge in [-0.1, -0.05) is 37.3 Å². The Kier molecular flexibility index (Phi) is 5.79. The molecule has 2 aromatic rings. The fraction of sp³-hybridized carbons (Fsp3) is 0.364. The maximum absolute atomic E-state index is 12.8. The molecule has 5 nitrogen and oxygen atoms in total. The summed E-state index contributed by atoms with van der Waals surface area (Å²) in [6.45, 7) is 6.85. The van der Waals surface area contributed by atoms with Crippen LogP contribution in [0.3, 0.4) is 0 Å². The molecule has 0 spiro atoms. The second kappa shape index (κ2) is 8.25. The van der Waals surface area contributed by atoms with Crippen LogP contribution in [0.4, 0.5) is 11.4 Å². The SMILES string of the molecule is CCOc1ccccc1N1CC(C(=O)Nc2c(C)cccc2CC)CC1=O. The molecule has 1 saturated heterocycles.